The largest absolute Gasteiger partial charge is 0.340 e. The van der Waals surface area contributed by atoms with E-state index in [1.807, 2.05) is 6.07 Å². The molecule has 0 atom stereocenters. The summed E-state index contributed by atoms with van der Waals surface area (Å²) >= 11 is 3.34. The number of sulfonamides is 1. The van der Waals surface area contributed by atoms with Gasteiger partial charge in [0, 0.05) is 48.8 Å². The predicted octanol–water partition coefficient (Wildman–Crippen LogP) is 2.55. The van der Waals surface area contributed by atoms with Crippen molar-refractivity contribution < 1.29 is 18.0 Å². The molecule has 2 aromatic carbocycles. The van der Waals surface area contributed by atoms with Gasteiger partial charge in [0.2, 0.25) is 15.9 Å². The van der Waals surface area contributed by atoms with Gasteiger partial charge < -0.3 is 10.2 Å². The number of amides is 2. The summed E-state index contributed by atoms with van der Waals surface area (Å²) in [6.45, 7) is 2.65. The van der Waals surface area contributed by atoms with E-state index in [1.54, 1.807) is 35.2 Å². The van der Waals surface area contributed by atoms with Crippen molar-refractivity contribution in [1.29, 1.82) is 0 Å². The number of hydrogen-bond acceptors (Lipinski definition) is 4. The number of piperazine rings is 1. The molecule has 0 aromatic heterocycles. The maximum atomic E-state index is 12.9. The minimum atomic E-state index is -3.74. The van der Waals surface area contributed by atoms with Crippen molar-refractivity contribution in [2.75, 3.05) is 31.5 Å². The predicted molar refractivity (Wildman–Crippen MR) is 110 cm³/mol. The summed E-state index contributed by atoms with van der Waals surface area (Å²) in [4.78, 5) is 25.6. The molecule has 7 nitrogen and oxygen atoms in total. The van der Waals surface area contributed by atoms with Crippen LogP contribution < -0.4 is 5.32 Å². The second kappa shape index (κ2) is 8.42. The van der Waals surface area contributed by atoms with Crippen LogP contribution in [0.15, 0.2) is 57.9 Å². The molecule has 1 fully saturated rings. The van der Waals surface area contributed by atoms with Crippen LogP contribution in [0, 0.1) is 0 Å². The van der Waals surface area contributed by atoms with E-state index in [0.717, 1.165) is 4.47 Å². The molecule has 148 valence electrons. The highest BCUT2D eigenvalue weighted by Crippen LogP contribution is 2.21. The summed E-state index contributed by atoms with van der Waals surface area (Å²) < 4.78 is 28.0. The smallest absolute Gasteiger partial charge is 0.255 e. The van der Waals surface area contributed by atoms with Gasteiger partial charge in [0.25, 0.3) is 5.91 Å². The summed E-state index contributed by atoms with van der Waals surface area (Å²) in [5.74, 6) is -0.459. The number of halogens is 1. The van der Waals surface area contributed by atoms with Gasteiger partial charge in [0.1, 0.15) is 0 Å². The minimum absolute atomic E-state index is 0.0608. The molecule has 28 heavy (non-hydrogen) atoms. The topological polar surface area (TPSA) is 86.8 Å². The zero-order valence-electron chi connectivity index (χ0n) is 15.3. The summed E-state index contributed by atoms with van der Waals surface area (Å²) in [5, 5.41) is 2.75. The lowest BCUT2D eigenvalue weighted by Crippen LogP contribution is -2.49. The van der Waals surface area contributed by atoms with E-state index in [2.05, 4.69) is 21.2 Å². The van der Waals surface area contributed by atoms with Gasteiger partial charge in [-0.25, -0.2) is 8.42 Å². The molecule has 0 aliphatic carbocycles. The van der Waals surface area contributed by atoms with Crippen molar-refractivity contribution in [3.63, 3.8) is 0 Å². The van der Waals surface area contributed by atoms with Gasteiger partial charge in [-0.2, -0.15) is 4.31 Å². The first-order valence-electron chi connectivity index (χ1n) is 8.70. The van der Waals surface area contributed by atoms with Gasteiger partial charge in [0.05, 0.1) is 4.90 Å². The monoisotopic (exact) mass is 465 g/mol. The number of benzene rings is 2. The van der Waals surface area contributed by atoms with Crippen LogP contribution in [0.1, 0.15) is 17.3 Å². The van der Waals surface area contributed by atoms with Crippen LogP contribution in [0.2, 0.25) is 0 Å². The van der Waals surface area contributed by atoms with E-state index in [1.165, 1.54) is 23.4 Å². The Balaban J connectivity index is 1.76. The fourth-order valence-corrected chi connectivity index (χ4v) is 4.83. The molecule has 0 bridgehead atoms. The Morgan fingerprint density at radius 3 is 2.32 bits per heavy atom. The van der Waals surface area contributed by atoms with E-state index < -0.39 is 15.9 Å². The molecule has 9 heteroatoms. The maximum absolute atomic E-state index is 12.9. The molecule has 1 aliphatic heterocycles. The lowest BCUT2D eigenvalue weighted by Gasteiger charge is -2.33. The first-order chi connectivity index (χ1) is 13.3. The third kappa shape index (κ3) is 4.60. The van der Waals surface area contributed by atoms with Crippen molar-refractivity contribution in [3.8, 4) is 0 Å². The Kier molecular flexibility index (Phi) is 6.17. The molecule has 1 heterocycles. The molecule has 3 rings (SSSR count). The van der Waals surface area contributed by atoms with Gasteiger partial charge in [-0.3, -0.25) is 9.59 Å². The van der Waals surface area contributed by atoms with Crippen molar-refractivity contribution in [2.45, 2.75) is 11.8 Å². The number of anilines is 1. The van der Waals surface area contributed by atoms with Gasteiger partial charge >= 0.3 is 0 Å². The number of carbonyl (C=O) groups is 2. The van der Waals surface area contributed by atoms with E-state index in [9.17, 15) is 18.0 Å². The highest BCUT2D eigenvalue weighted by molar-refractivity contribution is 9.10. The molecule has 0 spiro atoms. The Morgan fingerprint density at radius 1 is 1.00 bits per heavy atom. The zero-order valence-corrected chi connectivity index (χ0v) is 17.7. The van der Waals surface area contributed by atoms with Gasteiger partial charge in [-0.05, 0) is 36.4 Å². The molecule has 0 radical (unpaired) electrons. The van der Waals surface area contributed by atoms with E-state index in [0.29, 0.717) is 18.8 Å². The second-order valence-corrected chi connectivity index (χ2v) is 9.26. The summed E-state index contributed by atoms with van der Waals surface area (Å²) in [5.41, 5.74) is 0.858. The fourth-order valence-electron chi connectivity index (χ4n) is 2.96. The highest BCUT2D eigenvalue weighted by Gasteiger charge is 2.29. The normalized spacial score (nSPS) is 15.3. The molecule has 1 N–H and O–H groups in total. The third-order valence-corrected chi connectivity index (χ3v) is 6.89. The van der Waals surface area contributed by atoms with Gasteiger partial charge in [-0.15, -0.1) is 0 Å². The SMILES string of the molecule is CC(=O)N1CCN(S(=O)(=O)c2cccc(C(=O)Nc3cccc(Br)c3)c2)CC1. The average Bonchev–Trinajstić information content (AvgIpc) is 2.68. The zero-order chi connectivity index (χ0) is 20.3. The van der Waals surface area contributed by atoms with Crippen LogP contribution >= 0.6 is 15.9 Å². The molecule has 0 saturated carbocycles. The number of nitrogens with zero attached hydrogens (tertiary/aromatic N) is 2. The fraction of sp³-hybridized carbons (Fsp3) is 0.263. The molecule has 0 unspecified atom stereocenters. The summed E-state index contributed by atoms with van der Waals surface area (Å²) in [6.07, 6.45) is 0. The quantitative estimate of drug-likeness (QED) is 0.751. The highest BCUT2D eigenvalue weighted by atomic mass is 79.9. The van der Waals surface area contributed by atoms with Crippen LogP contribution in [-0.4, -0.2) is 55.6 Å². The van der Waals surface area contributed by atoms with Crippen LogP contribution in [0.3, 0.4) is 0 Å². The van der Waals surface area contributed by atoms with Crippen LogP contribution in [0.4, 0.5) is 5.69 Å². The minimum Gasteiger partial charge on any atom is -0.340 e. The Bertz CT molecular complexity index is 1000. The third-order valence-electron chi connectivity index (χ3n) is 4.50. The van der Waals surface area contributed by atoms with Crippen molar-refractivity contribution in [1.82, 2.24) is 9.21 Å². The van der Waals surface area contributed by atoms with Crippen LogP contribution in [0.25, 0.3) is 0 Å². The number of carbonyl (C=O) groups excluding carboxylic acids is 2. The standard InChI is InChI=1S/C19H20BrN3O4S/c1-14(24)22-8-10-23(11-9-22)28(26,27)18-7-2-4-15(12-18)19(25)21-17-6-3-5-16(20)13-17/h2-7,12-13H,8-11H2,1H3,(H,21,25). The van der Waals surface area contributed by atoms with Crippen molar-refractivity contribution in [2.24, 2.45) is 0 Å². The van der Waals surface area contributed by atoms with Gasteiger partial charge in [0.15, 0.2) is 0 Å². The number of rotatable bonds is 4. The Morgan fingerprint density at radius 2 is 1.68 bits per heavy atom. The van der Waals surface area contributed by atoms with Crippen molar-refractivity contribution in [3.05, 3.63) is 58.6 Å². The van der Waals surface area contributed by atoms with Crippen LogP contribution in [0.5, 0.6) is 0 Å². The van der Waals surface area contributed by atoms with E-state index in [-0.39, 0.29) is 29.5 Å². The molecule has 2 amide bonds. The van der Waals surface area contributed by atoms with Gasteiger partial charge in [-0.1, -0.05) is 28.1 Å². The lowest BCUT2D eigenvalue weighted by atomic mass is 10.2. The second-order valence-electron chi connectivity index (χ2n) is 6.40. The Labute approximate surface area is 172 Å². The van der Waals surface area contributed by atoms with E-state index >= 15 is 0 Å². The first kappa shape index (κ1) is 20.5. The summed E-state index contributed by atoms with van der Waals surface area (Å²) in [7, 11) is -3.74. The number of nitrogens with one attached hydrogen (secondary N) is 1. The molecule has 2 aromatic rings. The van der Waals surface area contributed by atoms with Crippen LogP contribution in [-0.2, 0) is 14.8 Å². The average molecular weight is 466 g/mol. The molecule has 1 aliphatic rings. The Hall–Kier alpha value is -2.23. The molecule has 1 saturated heterocycles. The molecular formula is C19H20BrN3O4S. The lowest BCUT2D eigenvalue weighted by molar-refractivity contribution is -0.129. The van der Waals surface area contributed by atoms with Crippen molar-refractivity contribution >= 4 is 43.5 Å². The first-order valence-corrected chi connectivity index (χ1v) is 10.9. The number of hydrogen-bond donors (Lipinski definition) is 1. The maximum Gasteiger partial charge on any atom is 0.255 e. The molecular weight excluding hydrogens is 446 g/mol. The summed E-state index contributed by atoms with van der Waals surface area (Å²) in [6, 6.07) is 13.1. The van der Waals surface area contributed by atoms with E-state index in [4.69, 9.17) is 0 Å².